The summed E-state index contributed by atoms with van der Waals surface area (Å²) in [4.78, 5) is 15.5. The molecule has 0 saturated carbocycles. The summed E-state index contributed by atoms with van der Waals surface area (Å²) in [6, 6.07) is 0. The van der Waals surface area contributed by atoms with Crippen LogP contribution in [0.4, 0.5) is 0 Å². The summed E-state index contributed by atoms with van der Waals surface area (Å²) in [6.45, 7) is 6.02. The zero-order chi connectivity index (χ0) is 10.3. The largest absolute Gasteiger partial charge is 0.378 e. The van der Waals surface area contributed by atoms with Gasteiger partial charge in [-0.3, -0.25) is 4.79 Å². The van der Waals surface area contributed by atoms with Gasteiger partial charge in [-0.1, -0.05) is 13.8 Å². The van der Waals surface area contributed by atoms with Gasteiger partial charge in [0.1, 0.15) is 5.01 Å². The summed E-state index contributed by atoms with van der Waals surface area (Å²) in [5.41, 5.74) is 0. The molecule has 1 heterocycles. The number of Topliss-reactive ketones (excluding diaryl/α,β-unsaturated/α-hetero) is 1. The summed E-state index contributed by atoms with van der Waals surface area (Å²) >= 11 is 1.38. The molecule has 0 atom stereocenters. The number of methoxy groups -OCH3 is 1. The Morgan fingerprint density at radius 3 is 2.62 bits per heavy atom. The molecule has 1 aromatic rings. The third-order valence-electron chi connectivity index (χ3n) is 1.17. The van der Waals surface area contributed by atoms with Gasteiger partial charge >= 0.3 is 0 Å². The lowest BCUT2D eigenvalue weighted by Gasteiger charge is -1.88. The predicted molar refractivity (Wildman–Crippen MR) is 54.2 cm³/mol. The molecular weight excluding hydrogens is 186 g/mol. The first-order valence-corrected chi connectivity index (χ1v) is 5.00. The molecule has 0 fully saturated rings. The Morgan fingerprint density at radius 1 is 1.62 bits per heavy atom. The van der Waals surface area contributed by atoms with E-state index in [1.54, 1.807) is 13.3 Å². The van der Waals surface area contributed by atoms with E-state index in [2.05, 4.69) is 4.98 Å². The number of aromatic nitrogens is 1. The van der Waals surface area contributed by atoms with Gasteiger partial charge in [0.15, 0.2) is 5.78 Å². The highest BCUT2D eigenvalue weighted by Gasteiger charge is 2.04. The highest BCUT2D eigenvalue weighted by Crippen LogP contribution is 2.13. The molecule has 74 valence electrons. The monoisotopic (exact) mass is 201 g/mol. The second-order valence-electron chi connectivity index (χ2n) is 2.11. The van der Waals surface area contributed by atoms with E-state index in [9.17, 15) is 4.79 Å². The van der Waals surface area contributed by atoms with Crippen LogP contribution in [0.15, 0.2) is 6.20 Å². The van der Waals surface area contributed by atoms with Crippen molar-refractivity contribution in [3.63, 3.8) is 0 Å². The highest BCUT2D eigenvalue weighted by molar-refractivity contribution is 7.13. The summed E-state index contributed by atoms with van der Waals surface area (Å²) in [7, 11) is 1.61. The number of nitrogens with zero attached hydrogens (tertiary/aromatic N) is 1. The fourth-order valence-electron chi connectivity index (χ4n) is 0.663. The summed E-state index contributed by atoms with van der Waals surface area (Å²) in [6.07, 6.45) is 1.58. The van der Waals surface area contributed by atoms with Gasteiger partial charge in [-0.05, 0) is 0 Å². The first-order valence-electron chi connectivity index (χ1n) is 4.18. The summed E-state index contributed by atoms with van der Waals surface area (Å²) in [5.74, 6) is 0.0600. The van der Waals surface area contributed by atoms with E-state index in [0.717, 1.165) is 5.01 Å². The van der Waals surface area contributed by atoms with Crippen molar-refractivity contribution in [2.75, 3.05) is 7.11 Å². The molecule has 4 heteroatoms. The van der Waals surface area contributed by atoms with E-state index in [4.69, 9.17) is 4.74 Å². The Hall–Kier alpha value is -0.740. The molecule has 0 N–H and O–H groups in total. The van der Waals surface area contributed by atoms with Crippen molar-refractivity contribution in [3.8, 4) is 0 Å². The smallest absolute Gasteiger partial charge is 0.171 e. The lowest BCUT2D eigenvalue weighted by molar-refractivity contribution is 0.102. The number of hydrogen-bond donors (Lipinski definition) is 0. The zero-order valence-electron chi connectivity index (χ0n) is 8.46. The minimum absolute atomic E-state index is 0.0600. The van der Waals surface area contributed by atoms with Gasteiger partial charge in [0.2, 0.25) is 0 Å². The van der Waals surface area contributed by atoms with Gasteiger partial charge in [0.25, 0.3) is 0 Å². The van der Waals surface area contributed by atoms with Crippen LogP contribution in [0.3, 0.4) is 0 Å². The van der Waals surface area contributed by atoms with Crippen LogP contribution < -0.4 is 0 Å². The number of hydrogen-bond acceptors (Lipinski definition) is 4. The van der Waals surface area contributed by atoms with Crippen LogP contribution in [0, 0.1) is 0 Å². The van der Waals surface area contributed by atoms with Crippen LogP contribution in [0.2, 0.25) is 0 Å². The number of carbonyl (C=O) groups is 1. The topological polar surface area (TPSA) is 39.2 Å². The van der Waals surface area contributed by atoms with Crippen molar-refractivity contribution in [1.82, 2.24) is 4.98 Å². The van der Waals surface area contributed by atoms with Crippen LogP contribution in [-0.4, -0.2) is 17.9 Å². The lowest BCUT2D eigenvalue weighted by Crippen LogP contribution is -1.84. The maximum atomic E-state index is 10.8. The van der Waals surface area contributed by atoms with E-state index in [1.165, 1.54) is 18.3 Å². The molecule has 0 saturated heterocycles. The van der Waals surface area contributed by atoms with Crippen LogP contribution in [0.25, 0.3) is 0 Å². The highest BCUT2D eigenvalue weighted by atomic mass is 32.1. The van der Waals surface area contributed by atoms with E-state index in [0.29, 0.717) is 11.5 Å². The maximum Gasteiger partial charge on any atom is 0.171 e. The van der Waals surface area contributed by atoms with Crippen LogP contribution in [0.5, 0.6) is 0 Å². The Morgan fingerprint density at radius 2 is 2.23 bits per heavy atom. The number of thiazole rings is 1. The van der Waals surface area contributed by atoms with Gasteiger partial charge in [-0.15, -0.1) is 11.3 Å². The van der Waals surface area contributed by atoms with Gasteiger partial charge in [-0.25, -0.2) is 4.98 Å². The summed E-state index contributed by atoms with van der Waals surface area (Å²) < 4.78 is 4.86. The van der Waals surface area contributed by atoms with E-state index >= 15 is 0 Å². The average molecular weight is 201 g/mol. The minimum Gasteiger partial charge on any atom is -0.378 e. The number of ketones is 1. The molecule has 1 rings (SSSR count). The Labute approximate surface area is 82.8 Å². The first kappa shape index (κ1) is 12.3. The van der Waals surface area contributed by atoms with E-state index < -0.39 is 0 Å². The van der Waals surface area contributed by atoms with Gasteiger partial charge in [-0.2, -0.15) is 0 Å². The summed E-state index contributed by atoms with van der Waals surface area (Å²) in [5, 5.41) is 0.845. The van der Waals surface area contributed by atoms with Crippen LogP contribution in [0.1, 0.15) is 35.5 Å². The number of ether oxygens (including phenoxy) is 1. The second-order valence-corrected chi connectivity index (χ2v) is 3.22. The molecule has 0 bridgehead atoms. The standard InChI is InChI=1S/C7H9NO2S.C2H6/c1-5(9)6-3-8-7(11-6)4-10-2;1-2/h3H,4H2,1-2H3;1-2H3. The molecule has 0 aliphatic heterocycles. The van der Waals surface area contributed by atoms with Crippen molar-refractivity contribution < 1.29 is 9.53 Å². The molecule has 1 aromatic heterocycles. The molecule has 0 unspecified atom stereocenters. The molecule has 0 aromatic carbocycles. The fraction of sp³-hybridized carbons (Fsp3) is 0.556. The number of rotatable bonds is 3. The van der Waals surface area contributed by atoms with Crippen molar-refractivity contribution in [2.45, 2.75) is 27.4 Å². The normalized spacial score (nSPS) is 8.92. The van der Waals surface area contributed by atoms with Gasteiger partial charge in [0, 0.05) is 20.2 Å². The van der Waals surface area contributed by atoms with Crippen LogP contribution in [-0.2, 0) is 11.3 Å². The molecular formula is C9H15NO2S. The SMILES string of the molecule is CC.COCc1ncc(C(C)=O)s1. The Kier molecular flexibility index (Phi) is 6.36. The molecule has 3 nitrogen and oxygen atoms in total. The van der Waals surface area contributed by atoms with Gasteiger partial charge in [0.05, 0.1) is 11.5 Å². The second kappa shape index (κ2) is 6.74. The molecule has 0 aliphatic carbocycles. The fourth-order valence-corrected chi connectivity index (χ4v) is 1.45. The Bertz CT molecular complexity index is 258. The van der Waals surface area contributed by atoms with E-state index in [1.807, 2.05) is 13.8 Å². The molecule has 0 spiro atoms. The van der Waals surface area contributed by atoms with Gasteiger partial charge < -0.3 is 4.74 Å². The van der Waals surface area contributed by atoms with Crippen molar-refractivity contribution in [3.05, 3.63) is 16.1 Å². The molecule has 0 amide bonds. The zero-order valence-corrected chi connectivity index (χ0v) is 9.27. The van der Waals surface area contributed by atoms with E-state index in [-0.39, 0.29) is 5.78 Å². The van der Waals surface area contributed by atoms with Crippen LogP contribution >= 0.6 is 11.3 Å². The third-order valence-corrected chi connectivity index (χ3v) is 2.24. The average Bonchev–Trinajstić information content (AvgIpc) is 2.57. The number of carbonyl (C=O) groups excluding carboxylic acids is 1. The van der Waals surface area contributed by atoms with Crippen molar-refractivity contribution in [1.29, 1.82) is 0 Å². The molecule has 13 heavy (non-hydrogen) atoms. The Balaban J connectivity index is 0.000000671. The minimum atomic E-state index is 0.0600. The third kappa shape index (κ3) is 4.15. The first-order chi connectivity index (χ1) is 6.24. The predicted octanol–water partition coefficient (Wildman–Crippen LogP) is 2.52. The quantitative estimate of drug-likeness (QED) is 0.705. The van der Waals surface area contributed by atoms with Crippen molar-refractivity contribution in [2.24, 2.45) is 0 Å². The maximum absolute atomic E-state index is 10.8. The molecule has 0 radical (unpaired) electrons. The molecule has 0 aliphatic rings. The van der Waals surface area contributed by atoms with Crippen molar-refractivity contribution >= 4 is 17.1 Å². The lowest BCUT2D eigenvalue weighted by atomic mass is 10.4.